The summed E-state index contributed by atoms with van der Waals surface area (Å²) in [6, 6.07) is 1.51. The van der Waals surface area contributed by atoms with Crippen molar-refractivity contribution in [2.24, 2.45) is 0 Å². The number of carboxylic acids is 1. The number of hydrogen-bond donors (Lipinski definition) is 1. The molecule has 0 unspecified atom stereocenters. The second kappa shape index (κ2) is 3.66. The summed E-state index contributed by atoms with van der Waals surface area (Å²) in [6.45, 7) is 0. The third-order valence-corrected chi connectivity index (χ3v) is 2.10. The van der Waals surface area contributed by atoms with Crippen LogP contribution >= 0.6 is 22.6 Å². The lowest BCUT2D eigenvalue weighted by molar-refractivity contribution is 0.0696. The minimum atomic E-state index is -0.890. The van der Waals surface area contributed by atoms with Crippen molar-refractivity contribution in [2.75, 3.05) is 0 Å². The van der Waals surface area contributed by atoms with Gasteiger partial charge in [-0.2, -0.15) is 0 Å². The van der Waals surface area contributed by atoms with Crippen LogP contribution < -0.4 is 0 Å². The van der Waals surface area contributed by atoms with E-state index in [-0.39, 0.29) is 0 Å². The van der Waals surface area contributed by atoms with Crippen molar-refractivity contribution in [3.05, 3.63) is 29.6 Å². The van der Waals surface area contributed by atoms with E-state index >= 15 is 0 Å². The molecule has 0 fully saturated rings. The van der Waals surface area contributed by atoms with Crippen LogP contribution in [0.5, 0.6) is 0 Å². The molecule has 1 aromatic heterocycles. The van der Waals surface area contributed by atoms with Gasteiger partial charge in [0.2, 0.25) is 0 Å². The monoisotopic (exact) mass is 263 g/mol. The van der Waals surface area contributed by atoms with Gasteiger partial charge in [0.1, 0.15) is 0 Å². The Morgan fingerprint density at radius 1 is 1.73 bits per heavy atom. The van der Waals surface area contributed by atoms with Crippen molar-refractivity contribution >= 4 is 28.6 Å². The molecule has 11 heavy (non-hydrogen) atoms. The van der Waals surface area contributed by atoms with E-state index in [1.54, 1.807) is 6.20 Å². The molecule has 0 bridgehead atoms. The summed E-state index contributed by atoms with van der Waals surface area (Å²) in [6.07, 6.45) is 3.06. The lowest BCUT2D eigenvalue weighted by atomic mass is 10.2. The molecule has 0 aromatic carbocycles. The fraction of sp³-hybridized carbons (Fsp3) is 0.143. The fourth-order valence-corrected chi connectivity index (χ4v) is 1.35. The van der Waals surface area contributed by atoms with Gasteiger partial charge in [-0.3, -0.25) is 4.98 Å². The molecular weight excluding hydrogens is 257 g/mol. The highest BCUT2D eigenvalue weighted by molar-refractivity contribution is 14.1. The van der Waals surface area contributed by atoms with Gasteiger partial charge in [-0.05, 0) is 11.6 Å². The Kier molecular flexibility index (Phi) is 2.81. The average molecular weight is 263 g/mol. The third kappa shape index (κ3) is 1.89. The summed E-state index contributed by atoms with van der Waals surface area (Å²) in [4.78, 5) is 14.4. The predicted molar refractivity (Wildman–Crippen MR) is 48.9 cm³/mol. The van der Waals surface area contributed by atoms with Crippen LogP contribution in [0.15, 0.2) is 18.5 Å². The van der Waals surface area contributed by atoms with Crippen molar-refractivity contribution in [3.8, 4) is 0 Å². The zero-order valence-electron chi connectivity index (χ0n) is 5.62. The average Bonchev–Trinajstić information content (AvgIpc) is 2.04. The summed E-state index contributed by atoms with van der Waals surface area (Å²) in [7, 11) is 0. The standard InChI is InChI=1S/C7H6INO2/c8-3-5-4-9-2-1-6(5)7(10)11/h1-2,4H,3H2,(H,10,11). The second-order valence-corrected chi connectivity index (χ2v) is 2.73. The molecule has 0 radical (unpaired) electrons. The number of carboxylic acid groups (broad SMARTS) is 1. The molecule has 1 N–H and O–H groups in total. The number of nitrogens with zero attached hydrogens (tertiary/aromatic N) is 1. The minimum Gasteiger partial charge on any atom is -0.478 e. The summed E-state index contributed by atoms with van der Waals surface area (Å²) >= 11 is 2.11. The molecule has 1 heterocycles. The van der Waals surface area contributed by atoms with Gasteiger partial charge < -0.3 is 5.11 Å². The van der Waals surface area contributed by atoms with Crippen molar-refractivity contribution in [1.82, 2.24) is 4.98 Å². The molecule has 4 heteroatoms. The van der Waals surface area contributed by atoms with Gasteiger partial charge in [0.25, 0.3) is 0 Å². The molecule has 0 aliphatic rings. The Labute approximate surface area is 77.6 Å². The van der Waals surface area contributed by atoms with Crippen molar-refractivity contribution < 1.29 is 9.90 Å². The summed E-state index contributed by atoms with van der Waals surface area (Å²) in [5.74, 6) is -0.890. The first-order chi connectivity index (χ1) is 5.25. The number of aromatic nitrogens is 1. The Bertz CT molecular complexity index is 275. The van der Waals surface area contributed by atoms with Gasteiger partial charge in [0, 0.05) is 16.8 Å². The van der Waals surface area contributed by atoms with Crippen molar-refractivity contribution in [1.29, 1.82) is 0 Å². The Balaban J connectivity index is 3.12. The maximum Gasteiger partial charge on any atom is 0.336 e. The van der Waals surface area contributed by atoms with Crippen LogP contribution in [0.4, 0.5) is 0 Å². The number of pyridine rings is 1. The number of carbonyl (C=O) groups is 1. The molecule has 0 amide bonds. The molecule has 58 valence electrons. The third-order valence-electron chi connectivity index (χ3n) is 1.28. The van der Waals surface area contributed by atoms with Crippen molar-refractivity contribution in [3.63, 3.8) is 0 Å². The molecule has 0 saturated heterocycles. The normalized spacial score (nSPS) is 9.55. The van der Waals surface area contributed by atoms with Gasteiger partial charge in [0.15, 0.2) is 0 Å². The van der Waals surface area contributed by atoms with Crippen molar-refractivity contribution in [2.45, 2.75) is 4.43 Å². The van der Waals surface area contributed by atoms with Gasteiger partial charge in [-0.1, -0.05) is 22.6 Å². The molecule has 3 nitrogen and oxygen atoms in total. The Morgan fingerprint density at radius 2 is 2.45 bits per heavy atom. The zero-order valence-corrected chi connectivity index (χ0v) is 7.78. The number of aromatic carboxylic acids is 1. The summed E-state index contributed by atoms with van der Waals surface area (Å²) < 4.78 is 0.674. The number of hydrogen-bond acceptors (Lipinski definition) is 2. The van der Waals surface area contributed by atoms with Gasteiger partial charge >= 0.3 is 5.97 Å². The molecule has 0 aliphatic carbocycles. The van der Waals surface area contributed by atoms with Crippen LogP contribution in [0.2, 0.25) is 0 Å². The van der Waals surface area contributed by atoms with E-state index < -0.39 is 5.97 Å². The van der Waals surface area contributed by atoms with Crippen LogP contribution in [0.3, 0.4) is 0 Å². The van der Waals surface area contributed by atoms with Crippen LogP contribution in [0.25, 0.3) is 0 Å². The van der Waals surface area contributed by atoms with Crippen LogP contribution in [0, 0.1) is 0 Å². The molecule has 0 atom stereocenters. The number of alkyl halides is 1. The van der Waals surface area contributed by atoms with E-state index in [1.807, 2.05) is 0 Å². The summed E-state index contributed by atoms with van der Waals surface area (Å²) in [5, 5.41) is 8.67. The van der Waals surface area contributed by atoms with E-state index in [0.29, 0.717) is 9.99 Å². The maximum absolute atomic E-state index is 10.5. The van der Waals surface area contributed by atoms with E-state index in [9.17, 15) is 4.79 Å². The van der Waals surface area contributed by atoms with Gasteiger partial charge in [-0.25, -0.2) is 4.79 Å². The quantitative estimate of drug-likeness (QED) is 0.652. The topological polar surface area (TPSA) is 50.2 Å². The van der Waals surface area contributed by atoms with Gasteiger partial charge in [-0.15, -0.1) is 0 Å². The molecular formula is C7H6INO2. The van der Waals surface area contributed by atoms with Crippen LogP contribution in [0.1, 0.15) is 15.9 Å². The Hall–Kier alpha value is -0.650. The molecule has 1 aromatic rings. The molecule has 0 spiro atoms. The molecule has 0 saturated carbocycles. The zero-order chi connectivity index (χ0) is 8.27. The highest BCUT2D eigenvalue weighted by Crippen LogP contribution is 2.10. The van der Waals surface area contributed by atoms with Crippen LogP contribution in [-0.2, 0) is 4.43 Å². The molecule has 0 aliphatic heterocycles. The lowest BCUT2D eigenvalue weighted by Gasteiger charge is -1.98. The SMILES string of the molecule is O=C(O)c1ccncc1CI. The smallest absolute Gasteiger partial charge is 0.336 e. The second-order valence-electron chi connectivity index (χ2n) is 1.97. The lowest BCUT2D eigenvalue weighted by Crippen LogP contribution is -2.00. The van der Waals surface area contributed by atoms with Gasteiger partial charge in [0.05, 0.1) is 5.56 Å². The van der Waals surface area contributed by atoms with E-state index in [0.717, 1.165) is 5.56 Å². The highest BCUT2D eigenvalue weighted by Gasteiger charge is 2.06. The van der Waals surface area contributed by atoms with Crippen LogP contribution in [-0.4, -0.2) is 16.1 Å². The first kappa shape index (κ1) is 8.45. The largest absolute Gasteiger partial charge is 0.478 e. The highest BCUT2D eigenvalue weighted by atomic mass is 127. The molecule has 1 rings (SSSR count). The first-order valence-electron chi connectivity index (χ1n) is 2.98. The fourth-order valence-electron chi connectivity index (χ4n) is 0.742. The van der Waals surface area contributed by atoms with E-state index in [1.165, 1.54) is 12.3 Å². The predicted octanol–water partition coefficient (Wildman–Crippen LogP) is 1.71. The number of rotatable bonds is 2. The number of halogens is 1. The summed E-state index contributed by atoms with van der Waals surface area (Å²) in [5.41, 5.74) is 1.11. The Morgan fingerprint density at radius 3 is 2.91 bits per heavy atom. The van der Waals surface area contributed by atoms with E-state index in [4.69, 9.17) is 5.11 Å². The maximum atomic E-state index is 10.5. The first-order valence-corrected chi connectivity index (χ1v) is 4.50. The minimum absolute atomic E-state index is 0.342. The van der Waals surface area contributed by atoms with E-state index in [2.05, 4.69) is 27.6 Å².